The van der Waals surface area contributed by atoms with Gasteiger partial charge in [-0.3, -0.25) is 4.79 Å². The number of anilines is 2. The molecule has 0 spiro atoms. The van der Waals surface area contributed by atoms with Gasteiger partial charge >= 0.3 is 0 Å². The van der Waals surface area contributed by atoms with E-state index in [0.717, 1.165) is 47.8 Å². The number of piperidine rings is 1. The van der Waals surface area contributed by atoms with Gasteiger partial charge in [0.2, 0.25) is 0 Å². The number of amides is 1. The van der Waals surface area contributed by atoms with E-state index in [4.69, 9.17) is 4.74 Å². The minimum Gasteiger partial charge on any atom is -0.494 e. The number of aryl methyl sites for hydroxylation is 1. The van der Waals surface area contributed by atoms with E-state index in [1.165, 1.54) is 32.4 Å². The van der Waals surface area contributed by atoms with Crippen molar-refractivity contribution in [2.24, 2.45) is 0 Å². The minimum absolute atomic E-state index is 0.0736. The van der Waals surface area contributed by atoms with Crippen molar-refractivity contribution >= 4 is 22.9 Å². The molecule has 0 unspecified atom stereocenters. The summed E-state index contributed by atoms with van der Waals surface area (Å²) in [6.07, 6.45) is 6.88. The molecule has 1 saturated heterocycles. The third kappa shape index (κ3) is 4.80. The van der Waals surface area contributed by atoms with Crippen molar-refractivity contribution in [2.45, 2.75) is 32.6 Å². The highest BCUT2D eigenvalue weighted by Gasteiger charge is 2.25. The van der Waals surface area contributed by atoms with Gasteiger partial charge in [-0.2, -0.15) is 0 Å². The molecule has 0 aromatic heterocycles. The molecule has 2 N–H and O–H groups in total. The number of nitrogens with one attached hydrogen (secondary N) is 2. The van der Waals surface area contributed by atoms with Crippen molar-refractivity contribution in [1.82, 2.24) is 4.90 Å². The Labute approximate surface area is 172 Å². The maximum Gasteiger partial charge on any atom is 0.257 e. The van der Waals surface area contributed by atoms with E-state index in [1.807, 2.05) is 49.4 Å². The lowest BCUT2D eigenvalue weighted by Crippen LogP contribution is -2.31. The molecule has 152 valence electrons. The van der Waals surface area contributed by atoms with Gasteiger partial charge < -0.3 is 20.3 Å². The van der Waals surface area contributed by atoms with Gasteiger partial charge in [0, 0.05) is 29.7 Å². The standard InChI is InChI=1S/C24H29N3O2/c1-18-7-5-8-22-23(18)21(24(28)26-22)17-25-19-9-11-20(12-10-19)29-16-6-15-27-13-3-2-4-14-27/h5,7-12,17,25H,2-4,6,13-16H2,1H3,(H,26,28). The molecule has 1 amide bonds. The average Bonchev–Trinajstić information content (AvgIpc) is 3.07. The maximum atomic E-state index is 12.3. The number of ether oxygens (including phenoxy) is 1. The highest BCUT2D eigenvalue weighted by Crippen LogP contribution is 2.34. The summed E-state index contributed by atoms with van der Waals surface area (Å²) in [7, 11) is 0. The molecule has 5 heteroatoms. The van der Waals surface area contributed by atoms with Gasteiger partial charge in [-0.05, 0) is 75.2 Å². The quantitative estimate of drug-likeness (QED) is 0.533. The van der Waals surface area contributed by atoms with Gasteiger partial charge in [0.25, 0.3) is 5.91 Å². The number of carbonyl (C=O) groups excluding carboxylic acids is 1. The molecule has 2 aliphatic rings. The Kier molecular flexibility index (Phi) is 6.15. The summed E-state index contributed by atoms with van der Waals surface area (Å²) in [5.41, 5.74) is 4.52. The predicted molar refractivity (Wildman–Crippen MR) is 118 cm³/mol. The van der Waals surface area contributed by atoms with Gasteiger partial charge in [0.1, 0.15) is 5.75 Å². The molecular formula is C24H29N3O2. The molecule has 29 heavy (non-hydrogen) atoms. The van der Waals surface area contributed by atoms with Gasteiger partial charge in [-0.25, -0.2) is 0 Å². The summed E-state index contributed by atoms with van der Waals surface area (Å²) >= 11 is 0. The Morgan fingerprint density at radius 3 is 2.69 bits per heavy atom. The van der Waals surface area contributed by atoms with E-state index >= 15 is 0 Å². The third-order valence-corrected chi connectivity index (χ3v) is 5.61. The normalized spacial score (nSPS) is 17.8. The first-order chi connectivity index (χ1) is 14.2. The van der Waals surface area contributed by atoms with Crippen LogP contribution in [0.3, 0.4) is 0 Å². The lowest BCUT2D eigenvalue weighted by Gasteiger charge is -2.26. The van der Waals surface area contributed by atoms with Crippen LogP contribution >= 0.6 is 0 Å². The Morgan fingerprint density at radius 2 is 1.90 bits per heavy atom. The molecular weight excluding hydrogens is 362 g/mol. The summed E-state index contributed by atoms with van der Waals surface area (Å²) in [6, 6.07) is 13.8. The molecule has 0 bridgehead atoms. The first kappa shape index (κ1) is 19.5. The number of hydrogen-bond donors (Lipinski definition) is 2. The van der Waals surface area contributed by atoms with Crippen molar-refractivity contribution in [3.63, 3.8) is 0 Å². The topological polar surface area (TPSA) is 53.6 Å². The number of carbonyl (C=O) groups is 1. The monoisotopic (exact) mass is 391 g/mol. The molecule has 2 aliphatic heterocycles. The van der Waals surface area contributed by atoms with E-state index in [9.17, 15) is 4.79 Å². The summed E-state index contributed by atoms with van der Waals surface area (Å²) in [5, 5.41) is 6.15. The zero-order chi connectivity index (χ0) is 20.1. The molecule has 0 aliphatic carbocycles. The van der Waals surface area contributed by atoms with Crippen LogP contribution in [0, 0.1) is 6.92 Å². The SMILES string of the molecule is Cc1cccc2c1C(=CNc1ccc(OCCCN3CCCCC3)cc1)C(=O)N2. The van der Waals surface area contributed by atoms with E-state index in [2.05, 4.69) is 15.5 Å². The Morgan fingerprint density at radius 1 is 1.10 bits per heavy atom. The van der Waals surface area contributed by atoms with Gasteiger partial charge in [0.15, 0.2) is 0 Å². The Bertz CT molecular complexity index is 883. The smallest absolute Gasteiger partial charge is 0.257 e. The zero-order valence-electron chi connectivity index (χ0n) is 17.0. The van der Waals surface area contributed by atoms with Crippen LogP contribution < -0.4 is 15.4 Å². The van der Waals surface area contributed by atoms with Gasteiger partial charge in [0.05, 0.1) is 12.2 Å². The lowest BCUT2D eigenvalue weighted by molar-refractivity contribution is -0.110. The second kappa shape index (κ2) is 9.14. The second-order valence-corrected chi connectivity index (χ2v) is 7.78. The van der Waals surface area contributed by atoms with Crippen molar-refractivity contribution in [3.05, 3.63) is 59.8 Å². The fourth-order valence-corrected chi connectivity index (χ4v) is 4.03. The molecule has 0 atom stereocenters. The number of hydrogen-bond acceptors (Lipinski definition) is 4. The lowest BCUT2D eigenvalue weighted by atomic mass is 10.0. The molecule has 2 aromatic carbocycles. The molecule has 4 rings (SSSR count). The molecule has 0 radical (unpaired) electrons. The van der Waals surface area contributed by atoms with Gasteiger partial charge in [-0.1, -0.05) is 18.6 Å². The zero-order valence-corrected chi connectivity index (χ0v) is 17.0. The average molecular weight is 392 g/mol. The van der Waals surface area contributed by atoms with Crippen molar-refractivity contribution in [2.75, 3.05) is 36.9 Å². The summed E-state index contributed by atoms with van der Waals surface area (Å²) in [4.78, 5) is 14.8. The fraction of sp³-hybridized carbons (Fsp3) is 0.375. The van der Waals surface area contributed by atoms with E-state index in [1.54, 1.807) is 6.20 Å². The van der Waals surface area contributed by atoms with E-state index in [-0.39, 0.29) is 5.91 Å². The van der Waals surface area contributed by atoms with Crippen molar-refractivity contribution in [3.8, 4) is 5.75 Å². The predicted octanol–water partition coefficient (Wildman–Crippen LogP) is 4.65. The van der Waals surface area contributed by atoms with E-state index in [0.29, 0.717) is 5.57 Å². The Hall–Kier alpha value is -2.79. The summed E-state index contributed by atoms with van der Waals surface area (Å²) in [5.74, 6) is 0.803. The molecule has 5 nitrogen and oxygen atoms in total. The first-order valence-corrected chi connectivity index (χ1v) is 10.5. The van der Waals surface area contributed by atoms with Crippen LogP contribution in [0.1, 0.15) is 36.8 Å². The van der Waals surface area contributed by atoms with Crippen LogP contribution in [-0.4, -0.2) is 37.0 Å². The summed E-state index contributed by atoms with van der Waals surface area (Å²) in [6.45, 7) is 6.35. The van der Waals surface area contributed by atoms with Crippen LogP contribution in [0.2, 0.25) is 0 Å². The third-order valence-electron chi connectivity index (χ3n) is 5.61. The number of benzene rings is 2. The van der Waals surface area contributed by atoms with Crippen LogP contribution in [0.4, 0.5) is 11.4 Å². The van der Waals surface area contributed by atoms with Crippen LogP contribution in [-0.2, 0) is 4.79 Å². The van der Waals surface area contributed by atoms with Gasteiger partial charge in [-0.15, -0.1) is 0 Å². The number of fused-ring (bicyclic) bond motifs is 1. The van der Waals surface area contributed by atoms with Crippen LogP contribution in [0.25, 0.3) is 5.57 Å². The first-order valence-electron chi connectivity index (χ1n) is 10.5. The fourth-order valence-electron chi connectivity index (χ4n) is 4.03. The maximum absolute atomic E-state index is 12.3. The minimum atomic E-state index is -0.0736. The van der Waals surface area contributed by atoms with Crippen molar-refractivity contribution < 1.29 is 9.53 Å². The number of likely N-dealkylation sites (tertiary alicyclic amines) is 1. The Balaban J connectivity index is 1.29. The van der Waals surface area contributed by atoms with Crippen molar-refractivity contribution in [1.29, 1.82) is 0 Å². The molecule has 1 fully saturated rings. The van der Waals surface area contributed by atoms with Crippen LogP contribution in [0.5, 0.6) is 5.75 Å². The molecule has 0 saturated carbocycles. The number of nitrogens with zero attached hydrogens (tertiary/aromatic N) is 1. The highest BCUT2D eigenvalue weighted by molar-refractivity contribution is 6.32. The molecule has 2 heterocycles. The highest BCUT2D eigenvalue weighted by atomic mass is 16.5. The van der Waals surface area contributed by atoms with Crippen LogP contribution in [0.15, 0.2) is 48.7 Å². The number of rotatable bonds is 7. The van der Waals surface area contributed by atoms with E-state index < -0.39 is 0 Å². The molecule has 2 aromatic rings. The second-order valence-electron chi connectivity index (χ2n) is 7.78. The largest absolute Gasteiger partial charge is 0.494 e. The summed E-state index contributed by atoms with van der Waals surface area (Å²) < 4.78 is 5.88.